The smallest absolute Gasteiger partial charge is 0.416 e. The van der Waals surface area contributed by atoms with Gasteiger partial charge in [-0.15, -0.1) is 0 Å². The van der Waals surface area contributed by atoms with Gasteiger partial charge < -0.3 is 4.74 Å². The fourth-order valence-electron chi connectivity index (χ4n) is 2.72. The van der Waals surface area contributed by atoms with E-state index in [2.05, 4.69) is 9.71 Å². The molecule has 0 aliphatic carbocycles. The molecule has 31 heavy (non-hydrogen) atoms. The number of ether oxygens (including phenoxy) is 1. The van der Waals surface area contributed by atoms with E-state index in [0.29, 0.717) is 12.1 Å². The summed E-state index contributed by atoms with van der Waals surface area (Å²) in [6, 6.07) is 4.62. The summed E-state index contributed by atoms with van der Waals surface area (Å²) in [6.45, 7) is 4.88. The minimum absolute atomic E-state index is 0.0126. The van der Waals surface area contributed by atoms with Crippen molar-refractivity contribution >= 4 is 28.6 Å². The van der Waals surface area contributed by atoms with Gasteiger partial charge in [-0.25, -0.2) is 13.3 Å². The number of pyridine rings is 1. The molecule has 0 spiro atoms. The van der Waals surface area contributed by atoms with Gasteiger partial charge in [0.1, 0.15) is 11.4 Å². The van der Waals surface area contributed by atoms with Gasteiger partial charge in [-0.1, -0.05) is 11.6 Å². The van der Waals surface area contributed by atoms with Crippen LogP contribution in [0.4, 0.5) is 17.6 Å². The monoisotopic (exact) mass is 480 g/mol. The predicted molar refractivity (Wildman–Crippen MR) is 109 cm³/mol. The van der Waals surface area contributed by atoms with Gasteiger partial charge in [0.2, 0.25) is 0 Å². The third-order valence-electron chi connectivity index (χ3n) is 4.34. The lowest BCUT2D eigenvalue weighted by Crippen LogP contribution is -2.50. The highest BCUT2D eigenvalue weighted by molar-refractivity contribution is 7.84. The number of methoxy groups -OCH3 is 1. The molecule has 0 unspecified atom stereocenters. The third-order valence-corrected chi connectivity index (χ3v) is 6.21. The van der Waals surface area contributed by atoms with Crippen molar-refractivity contribution in [1.29, 1.82) is 0 Å². The molecule has 0 fully saturated rings. The lowest BCUT2D eigenvalue weighted by Gasteiger charge is -2.36. The Morgan fingerprint density at radius 2 is 1.77 bits per heavy atom. The summed E-state index contributed by atoms with van der Waals surface area (Å²) in [5.74, 6) is -2.02. The van der Waals surface area contributed by atoms with Crippen LogP contribution in [0.1, 0.15) is 44.0 Å². The van der Waals surface area contributed by atoms with Crippen LogP contribution in [-0.2, 0) is 32.2 Å². The number of esters is 1. The second-order valence-electron chi connectivity index (χ2n) is 7.73. The Morgan fingerprint density at radius 1 is 1.16 bits per heavy atom. The van der Waals surface area contributed by atoms with E-state index in [-0.39, 0.29) is 16.3 Å². The molecule has 1 N–H and O–H groups in total. The number of hydrogen-bond acceptors (Lipinski definition) is 4. The summed E-state index contributed by atoms with van der Waals surface area (Å²) in [6.07, 6.45) is -4.25. The lowest BCUT2D eigenvalue weighted by atomic mass is 9.83. The van der Waals surface area contributed by atoms with Crippen LogP contribution in [0.15, 0.2) is 36.5 Å². The first kappa shape index (κ1) is 25.2. The molecule has 0 saturated carbocycles. The third kappa shape index (κ3) is 6.02. The number of hydrogen-bond donors (Lipinski definition) is 1. The number of alkyl halides is 3. The average Bonchev–Trinajstić information content (AvgIpc) is 2.65. The van der Waals surface area contributed by atoms with Gasteiger partial charge in [0, 0.05) is 6.20 Å². The van der Waals surface area contributed by atoms with Gasteiger partial charge in [0.05, 0.1) is 45.5 Å². The molecule has 11 heteroatoms. The average molecular weight is 481 g/mol. The molecule has 2 atom stereocenters. The molecule has 0 aliphatic heterocycles. The molecule has 0 saturated heterocycles. The number of aromatic nitrogens is 1. The zero-order valence-electron chi connectivity index (χ0n) is 17.1. The first-order chi connectivity index (χ1) is 14.2. The van der Waals surface area contributed by atoms with E-state index in [0.717, 1.165) is 13.2 Å². The molecule has 0 bridgehead atoms. The Kier molecular flexibility index (Phi) is 7.50. The second kappa shape index (κ2) is 9.22. The van der Waals surface area contributed by atoms with Crippen molar-refractivity contribution < 1.29 is 31.3 Å². The van der Waals surface area contributed by atoms with Gasteiger partial charge in [-0.2, -0.15) is 13.2 Å². The highest BCUT2D eigenvalue weighted by atomic mass is 35.5. The molecule has 0 radical (unpaired) electrons. The molecular formula is C20H21ClF4N2O3S. The van der Waals surface area contributed by atoms with E-state index in [1.165, 1.54) is 18.3 Å². The van der Waals surface area contributed by atoms with Gasteiger partial charge in [0.15, 0.2) is 0 Å². The maximum atomic E-state index is 14.3. The van der Waals surface area contributed by atoms with Crippen LogP contribution in [0.25, 0.3) is 0 Å². The van der Waals surface area contributed by atoms with Crippen LogP contribution in [0.3, 0.4) is 0 Å². The fraction of sp³-hybridized carbons (Fsp3) is 0.400. The maximum Gasteiger partial charge on any atom is 0.416 e. The Morgan fingerprint density at radius 3 is 2.26 bits per heavy atom. The molecule has 0 aliphatic rings. The van der Waals surface area contributed by atoms with Crippen molar-refractivity contribution in [3.63, 3.8) is 0 Å². The standard InChI is InChI=1S/C20H21ClF4N2O3S/c1-18(2,3)31(29)27-19(10-17(28)30-4,16-6-5-14(21)11-26-16)12-7-13(20(23,24)25)9-15(22)8-12/h5-9,11,27H,10H2,1-4H3/t19-,31-/m0/s1. The second-order valence-corrected chi connectivity index (χ2v) is 10.1. The van der Waals surface area contributed by atoms with Crippen LogP contribution in [0.5, 0.6) is 0 Å². The summed E-state index contributed by atoms with van der Waals surface area (Å²) < 4.78 is 74.1. The van der Waals surface area contributed by atoms with E-state index in [9.17, 15) is 26.6 Å². The summed E-state index contributed by atoms with van der Waals surface area (Å²) >= 11 is 5.89. The van der Waals surface area contributed by atoms with Crippen LogP contribution in [-0.4, -0.2) is 27.0 Å². The van der Waals surface area contributed by atoms with Gasteiger partial charge >= 0.3 is 12.1 Å². The number of halogens is 5. The predicted octanol–water partition coefficient (Wildman–Crippen LogP) is 4.75. The first-order valence-corrected chi connectivity index (χ1v) is 10.5. The van der Waals surface area contributed by atoms with E-state index in [4.69, 9.17) is 16.3 Å². The maximum absolute atomic E-state index is 14.3. The van der Waals surface area contributed by atoms with Crippen LogP contribution < -0.4 is 4.72 Å². The zero-order chi connectivity index (χ0) is 23.6. The van der Waals surface area contributed by atoms with Crippen LogP contribution in [0.2, 0.25) is 5.02 Å². The van der Waals surface area contributed by atoms with Gasteiger partial charge in [0.25, 0.3) is 0 Å². The Bertz CT molecular complexity index is 978. The fourth-order valence-corrected chi connectivity index (χ4v) is 3.74. The van der Waals surface area contributed by atoms with Crippen molar-refractivity contribution in [2.75, 3.05) is 7.11 Å². The first-order valence-electron chi connectivity index (χ1n) is 8.96. The van der Waals surface area contributed by atoms with Crippen LogP contribution in [0, 0.1) is 5.82 Å². The highest BCUT2D eigenvalue weighted by Crippen LogP contribution is 2.38. The topological polar surface area (TPSA) is 68.3 Å². The Hall–Kier alpha value is -2.04. The Labute approximate surface area is 184 Å². The van der Waals surface area contributed by atoms with E-state index >= 15 is 0 Å². The molecular weight excluding hydrogens is 460 g/mol. The van der Waals surface area contributed by atoms with Gasteiger partial charge in [-0.05, 0) is 56.7 Å². The number of carbonyl (C=O) groups excluding carboxylic acids is 1. The number of nitrogens with one attached hydrogen (secondary N) is 1. The van der Waals surface area contributed by atoms with Crippen molar-refractivity contribution in [3.05, 3.63) is 64.2 Å². The molecule has 1 heterocycles. The summed E-state index contributed by atoms with van der Waals surface area (Å²) in [7, 11) is -0.807. The largest absolute Gasteiger partial charge is 0.469 e. The molecule has 1 aromatic carbocycles. The SMILES string of the molecule is COC(=O)C[C@](N[S@@](=O)C(C)(C)C)(c1cc(F)cc(C(F)(F)F)c1)c1ccc(Cl)cn1. The summed E-state index contributed by atoms with van der Waals surface area (Å²) in [5.41, 5.74) is -3.46. The van der Waals surface area contributed by atoms with Gasteiger partial charge in [-0.3, -0.25) is 9.78 Å². The number of benzene rings is 1. The molecule has 5 nitrogen and oxygen atoms in total. The quantitative estimate of drug-likeness (QED) is 0.478. The highest BCUT2D eigenvalue weighted by Gasteiger charge is 2.44. The zero-order valence-corrected chi connectivity index (χ0v) is 18.7. The summed E-state index contributed by atoms with van der Waals surface area (Å²) in [4.78, 5) is 16.4. The minimum Gasteiger partial charge on any atom is -0.469 e. The summed E-state index contributed by atoms with van der Waals surface area (Å²) in [5, 5.41) is 0.225. The number of nitrogens with zero attached hydrogens (tertiary/aromatic N) is 1. The van der Waals surface area contributed by atoms with Crippen molar-refractivity contribution in [3.8, 4) is 0 Å². The van der Waals surface area contributed by atoms with Crippen LogP contribution >= 0.6 is 11.6 Å². The minimum atomic E-state index is -4.86. The number of rotatable bonds is 6. The normalized spacial score (nSPS) is 15.3. The van der Waals surface area contributed by atoms with E-state index < -0.39 is 51.2 Å². The van der Waals surface area contributed by atoms with E-state index in [1.54, 1.807) is 20.8 Å². The van der Waals surface area contributed by atoms with Crippen molar-refractivity contribution in [2.24, 2.45) is 0 Å². The van der Waals surface area contributed by atoms with Crippen molar-refractivity contribution in [2.45, 2.75) is 43.7 Å². The molecule has 170 valence electrons. The van der Waals surface area contributed by atoms with E-state index in [1.807, 2.05) is 0 Å². The van der Waals surface area contributed by atoms with Crippen molar-refractivity contribution in [1.82, 2.24) is 9.71 Å². The molecule has 2 rings (SSSR count). The molecule has 2 aromatic rings. The lowest BCUT2D eigenvalue weighted by molar-refractivity contribution is -0.141. The molecule has 1 aromatic heterocycles. The Balaban J connectivity index is 2.87. The molecule has 0 amide bonds. The number of carbonyl (C=O) groups is 1.